The average molecular weight is 469 g/mol. The minimum absolute atomic E-state index is 0.0304. The van der Waals surface area contributed by atoms with Gasteiger partial charge in [0.25, 0.3) is 5.91 Å². The number of benzene rings is 1. The summed E-state index contributed by atoms with van der Waals surface area (Å²) in [5.41, 5.74) is 1.50. The van der Waals surface area contributed by atoms with Gasteiger partial charge in [-0.05, 0) is 62.4 Å². The third-order valence-electron chi connectivity index (χ3n) is 5.72. The highest BCUT2D eigenvalue weighted by Gasteiger charge is 2.35. The predicted octanol–water partition coefficient (Wildman–Crippen LogP) is 3.96. The molecular formula is C21H25ClN2O4S2. The molecule has 0 spiro atoms. The number of rotatable bonds is 3. The van der Waals surface area contributed by atoms with E-state index in [1.807, 2.05) is 26.2 Å². The number of morpholine rings is 1. The molecule has 9 heteroatoms. The summed E-state index contributed by atoms with van der Waals surface area (Å²) >= 11 is 8.00. The smallest absolute Gasteiger partial charge is 0.254 e. The van der Waals surface area contributed by atoms with Crippen molar-refractivity contribution in [1.29, 1.82) is 0 Å². The quantitative estimate of drug-likeness (QED) is 0.683. The Bertz CT molecular complexity index is 1060. The number of halogens is 1. The van der Waals surface area contributed by atoms with Gasteiger partial charge in [-0.2, -0.15) is 4.31 Å². The zero-order valence-electron chi connectivity index (χ0n) is 17.2. The molecule has 2 aliphatic heterocycles. The predicted molar refractivity (Wildman–Crippen MR) is 118 cm³/mol. The van der Waals surface area contributed by atoms with Crippen LogP contribution in [0.1, 0.15) is 47.6 Å². The molecule has 2 aromatic rings. The molecule has 6 nitrogen and oxygen atoms in total. The summed E-state index contributed by atoms with van der Waals surface area (Å²) < 4.78 is 33.7. The van der Waals surface area contributed by atoms with Crippen LogP contribution in [-0.4, -0.2) is 55.4 Å². The number of fused-ring (bicyclic) bond motifs is 1. The molecule has 1 amide bonds. The van der Waals surface area contributed by atoms with Gasteiger partial charge in [0.15, 0.2) is 0 Å². The van der Waals surface area contributed by atoms with Crippen LogP contribution < -0.4 is 0 Å². The average Bonchev–Trinajstić information content (AvgIpc) is 3.17. The van der Waals surface area contributed by atoms with Gasteiger partial charge in [0.2, 0.25) is 10.0 Å². The van der Waals surface area contributed by atoms with Crippen LogP contribution >= 0.6 is 22.9 Å². The number of carbonyl (C=O) groups excluding carboxylic acids is 1. The van der Waals surface area contributed by atoms with E-state index in [0.29, 0.717) is 12.1 Å². The number of carbonyl (C=O) groups is 1. The minimum Gasteiger partial charge on any atom is -0.373 e. The van der Waals surface area contributed by atoms with Gasteiger partial charge in [0.05, 0.1) is 23.3 Å². The zero-order valence-corrected chi connectivity index (χ0v) is 19.6. The van der Waals surface area contributed by atoms with Gasteiger partial charge in [-0.15, -0.1) is 11.3 Å². The zero-order chi connectivity index (χ0) is 21.6. The van der Waals surface area contributed by atoms with Crippen LogP contribution in [0.25, 0.3) is 0 Å². The normalized spacial score (nSPS) is 25.2. The molecule has 0 aliphatic carbocycles. The Labute approximate surface area is 186 Å². The number of nitrogens with zero attached hydrogens (tertiary/aromatic N) is 2. The van der Waals surface area contributed by atoms with Crippen molar-refractivity contribution >= 4 is 38.9 Å². The molecule has 2 aliphatic rings. The van der Waals surface area contributed by atoms with Crippen LogP contribution in [0.4, 0.5) is 0 Å². The Balaban J connectivity index is 1.64. The molecule has 30 heavy (non-hydrogen) atoms. The van der Waals surface area contributed by atoms with E-state index in [9.17, 15) is 13.2 Å². The van der Waals surface area contributed by atoms with Gasteiger partial charge in [-0.1, -0.05) is 11.6 Å². The maximum Gasteiger partial charge on any atom is 0.254 e. The molecule has 1 aromatic carbocycles. The third-order valence-corrected chi connectivity index (χ3v) is 9.03. The first-order valence-electron chi connectivity index (χ1n) is 10.0. The number of thiophene rings is 1. The van der Waals surface area contributed by atoms with E-state index in [0.717, 1.165) is 12.0 Å². The summed E-state index contributed by atoms with van der Waals surface area (Å²) in [4.78, 5) is 16.3. The van der Waals surface area contributed by atoms with E-state index >= 15 is 0 Å². The fourth-order valence-corrected chi connectivity index (χ4v) is 7.31. The topological polar surface area (TPSA) is 66.9 Å². The summed E-state index contributed by atoms with van der Waals surface area (Å²) in [6, 6.07) is 6.52. The van der Waals surface area contributed by atoms with Crippen molar-refractivity contribution in [3.05, 3.63) is 50.7 Å². The lowest BCUT2D eigenvalue weighted by atomic mass is 10.0. The molecule has 1 aromatic heterocycles. The highest BCUT2D eigenvalue weighted by molar-refractivity contribution is 7.89. The van der Waals surface area contributed by atoms with Gasteiger partial charge in [-0.3, -0.25) is 4.79 Å². The Morgan fingerprint density at radius 2 is 1.87 bits per heavy atom. The van der Waals surface area contributed by atoms with Crippen LogP contribution in [0.3, 0.4) is 0 Å². The first kappa shape index (κ1) is 21.8. The summed E-state index contributed by atoms with van der Waals surface area (Å²) in [7, 11) is -3.85. The first-order valence-corrected chi connectivity index (χ1v) is 12.7. The lowest BCUT2D eigenvalue weighted by Gasteiger charge is -2.35. The number of hydrogen-bond donors (Lipinski definition) is 0. The molecule has 4 rings (SSSR count). The summed E-state index contributed by atoms with van der Waals surface area (Å²) in [6.45, 7) is 6.81. The Morgan fingerprint density at radius 3 is 2.57 bits per heavy atom. The van der Waals surface area contributed by atoms with Crippen molar-refractivity contribution in [3.63, 3.8) is 0 Å². The van der Waals surface area contributed by atoms with Gasteiger partial charge >= 0.3 is 0 Å². The van der Waals surface area contributed by atoms with Crippen LogP contribution in [0.2, 0.25) is 5.02 Å². The molecule has 1 saturated heterocycles. The third kappa shape index (κ3) is 3.91. The SMILES string of the molecule is C[C@@H]1CN(S(=O)(=O)c2cc(C(=O)N3CCc4sccc4[C@H]3C)ccc2Cl)C[C@H](C)O1. The van der Waals surface area contributed by atoms with Crippen LogP contribution in [0.15, 0.2) is 34.5 Å². The highest BCUT2D eigenvalue weighted by Crippen LogP contribution is 2.35. The second kappa shape index (κ2) is 8.24. The second-order valence-corrected chi connectivity index (χ2v) is 11.3. The maximum absolute atomic E-state index is 13.3. The van der Waals surface area contributed by atoms with Crippen molar-refractivity contribution in [1.82, 2.24) is 9.21 Å². The van der Waals surface area contributed by atoms with Crippen molar-refractivity contribution in [2.45, 2.75) is 50.3 Å². The molecule has 0 radical (unpaired) electrons. The molecule has 0 unspecified atom stereocenters. The molecule has 0 N–H and O–H groups in total. The first-order chi connectivity index (χ1) is 14.2. The lowest BCUT2D eigenvalue weighted by molar-refractivity contribution is -0.0440. The summed E-state index contributed by atoms with van der Waals surface area (Å²) in [5.74, 6) is -0.184. The van der Waals surface area contributed by atoms with E-state index in [1.165, 1.54) is 21.3 Å². The highest BCUT2D eigenvalue weighted by atomic mass is 35.5. The van der Waals surface area contributed by atoms with Gasteiger partial charge in [0, 0.05) is 30.1 Å². The van der Waals surface area contributed by atoms with Gasteiger partial charge in [0.1, 0.15) is 4.90 Å². The largest absolute Gasteiger partial charge is 0.373 e. The van der Waals surface area contributed by atoms with Crippen molar-refractivity contribution < 1.29 is 17.9 Å². The van der Waals surface area contributed by atoms with E-state index in [4.69, 9.17) is 16.3 Å². The molecular weight excluding hydrogens is 444 g/mol. The Hall–Kier alpha value is -1.45. The van der Waals surface area contributed by atoms with Crippen LogP contribution in [0, 0.1) is 0 Å². The molecule has 3 heterocycles. The molecule has 0 bridgehead atoms. The van der Waals surface area contributed by atoms with E-state index < -0.39 is 10.0 Å². The number of hydrogen-bond acceptors (Lipinski definition) is 5. The van der Waals surface area contributed by atoms with Crippen LogP contribution in [-0.2, 0) is 21.2 Å². The number of amides is 1. The summed E-state index contributed by atoms with van der Waals surface area (Å²) in [6.07, 6.45) is 0.396. The maximum atomic E-state index is 13.3. The standard InChI is InChI=1S/C21H25ClN2O4S2/c1-13-11-23(12-14(2)28-13)30(26,27)20-10-16(4-5-18(20)22)21(25)24-8-6-19-17(15(24)3)7-9-29-19/h4-5,7,9-10,13-15H,6,8,11-12H2,1-3H3/t13-,14+,15-/m1/s1. The van der Waals surface area contributed by atoms with Crippen molar-refractivity contribution in [2.75, 3.05) is 19.6 Å². The summed E-state index contributed by atoms with van der Waals surface area (Å²) in [5, 5.41) is 2.16. The van der Waals surface area contributed by atoms with Crippen molar-refractivity contribution in [2.24, 2.45) is 0 Å². The fourth-order valence-electron chi connectivity index (χ4n) is 4.25. The monoisotopic (exact) mass is 468 g/mol. The Kier molecular flexibility index (Phi) is 5.98. The second-order valence-electron chi connectivity index (χ2n) is 7.95. The van der Waals surface area contributed by atoms with Gasteiger partial charge in [-0.25, -0.2) is 8.42 Å². The fraction of sp³-hybridized carbons (Fsp3) is 0.476. The van der Waals surface area contributed by atoms with Gasteiger partial charge < -0.3 is 9.64 Å². The Morgan fingerprint density at radius 1 is 1.17 bits per heavy atom. The minimum atomic E-state index is -3.85. The van der Waals surface area contributed by atoms with E-state index in [-0.39, 0.29) is 47.2 Å². The molecule has 0 saturated carbocycles. The number of ether oxygens (including phenoxy) is 1. The lowest BCUT2D eigenvalue weighted by Crippen LogP contribution is -2.48. The number of sulfonamides is 1. The van der Waals surface area contributed by atoms with Crippen LogP contribution in [0.5, 0.6) is 0 Å². The van der Waals surface area contributed by atoms with E-state index in [2.05, 4.69) is 6.07 Å². The molecule has 1 fully saturated rings. The van der Waals surface area contributed by atoms with Crippen molar-refractivity contribution in [3.8, 4) is 0 Å². The van der Waals surface area contributed by atoms with E-state index in [1.54, 1.807) is 22.3 Å². The molecule has 162 valence electrons. The molecule has 3 atom stereocenters.